The number of aryl methyl sites for hydroxylation is 1. The molecule has 23 heavy (non-hydrogen) atoms. The quantitative estimate of drug-likeness (QED) is 0.934. The summed E-state index contributed by atoms with van der Waals surface area (Å²) in [5.41, 5.74) is 0. The Balaban J connectivity index is 1.99. The van der Waals surface area contributed by atoms with Crippen LogP contribution < -0.4 is 4.90 Å². The highest BCUT2D eigenvalue weighted by molar-refractivity contribution is 7.18. The molecule has 1 atom stereocenters. The number of carboxylic acid groups (broad SMARTS) is 1. The van der Waals surface area contributed by atoms with Crippen LogP contribution in [0.4, 0.5) is 10.6 Å². The molecular formula is C16H22N4O2S. The second-order valence-corrected chi connectivity index (χ2v) is 7.33. The zero-order chi connectivity index (χ0) is 16.6. The van der Waals surface area contributed by atoms with Crippen molar-refractivity contribution in [3.63, 3.8) is 0 Å². The number of anilines is 1. The number of amides is 1. The minimum Gasteiger partial charge on any atom is -0.465 e. The average Bonchev–Trinajstić information content (AvgIpc) is 2.97. The number of piperazine rings is 1. The Kier molecular flexibility index (Phi) is 4.39. The second kappa shape index (κ2) is 6.31. The molecule has 1 fully saturated rings. The monoisotopic (exact) mass is 334 g/mol. The van der Waals surface area contributed by atoms with E-state index in [4.69, 9.17) is 0 Å². The largest absolute Gasteiger partial charge is 0.465 e. The Morgan fingerprint density at radius 1 is 1.43 bits per heavy atom. The molecule has 3 rings (SSSR count). The number of fused-ring (bicyclic) bond motifs is 1. The lowest BCUT2D eigenvalue weighted by Crippen LogP contribution is -2.56. The van der Waals surface area contributed by atoms with Gasteiger partial charge in [-0.15, -0.1) is 11.3 Å². The molecule has 1 aliphatic heterocycles. The molecule has 2 aromatic rings. The molecule has 124 valence electrons. The minimum absolute atomic E-state index is 0.128. The molecule has 0 spiro atoms. The molecule has 0 aromatic carbocycles. The van der Waals surface area contributed by atoms with Crippen molar-refractivity contribution in [2.75, 3.05) is 24.5 Å². The van der Waals surface area contributed by atoms with Gasteiger partial charge >= 0.3 is 6.09 Å². The van der Waals surface area contributed by atoms with Crippen LogP contribution >= 0.6 is 11.3 Å². The zero-order valence-electron chi connectivity index (χ0n) is 13.7. The van der Waals surface area contributed by atoms with Gasteiger partial charge in [0.2, 0.25) is 0 Å². The molecule has 0 aliphatic carbocycles. The fraction of sp³-hybridized carbons (Fsp3) is 0.562. The zero-order valence-corrected chi connectivity index (χ0v) is 14.5. The van der Waals surface area contributed by atoms with E-state index in [1.165, 1.54) is 9.78 Å². The highest BCUT2D eigenvalue weighted by Crippen LogP contribution is 2.33. The molecule has 1 unspecified atom stereocenters. The molecular weight excluding hydrogens is 312 g/mol. The summed E-state index contributed by atoms with van der Waals surface area (Å²) in [5, 5.41) is 10.4. The molecule has 0 radical (unpaired) electrons. The van der Waals surface area contributed by atoms with Gasteiger partial charge in [0.15, 0.2) is 0 Å². The van der Waals surface area contributed by atoms with E-state index in [0.29, 0.717) is 25.6 Å². The fourth-order valence-corrected chi connectivity index (χ4v) is 4.04. The number of thiophene rings is 1. The summed E-state index contributed by atoms with van der Waals surface area (Å²) in [4.78, 5) is 26.3. The summed E-state index contributed by atoms with van der Waals surface area (Å²) >= 11 is 1.71. The van der Waals surface area contributed by atoms with Crippen LogP contribution in [-0.2, 0) is 6.42 Å². The Bertz CT molecular complexity index is 715. The van der Waals surface area contributed by atoms with Crippen LogP contribution in [0.2, 0.25) is 0 Å². The van der Waals surface area contributed by atoms with E-state index in [0.717, 1.165) is 22.5 Å². The Hall–Kier alpha value is -1.89. The molecule has 0 bridgehead atoms. The predicted octanol–water partition coefficient (Wildman–Crippen LogP) is 3.08. The van der Waals surface area contributed by atoms with Gasteiger partial charge in [0.05, 0.1) is 11.4 Å². The topological polar surface area (TPSA) is 69.6 Å². The first-order chi connectivity index (χ1) is 11.0. The Morgan fingerprint density at radius 2 is 2.22 bits per heavy atom. The maximum atomic E-state index is 11.3. The van der Waals surface area contributed by atoms with Crippen LogP contribution in [0.3, 0.4) is 0 Å². The van der Waals surface area contributed by atoms with Crippen LogP contribution in [0.15, 0.2) is 12.4 Å². The molecule has 0 saturated carbocycles. The standard InChI is InChI=1S/C16H22N4O2S/c1-4-11-7-12-14(17-9-18-15(12)23-11)20-6-5-19(16(21)22)8-13(20)10(2)3/h7,9-10,13H,4-6,8H2,1-3H3,(H,21,22). The van der Waals surface area contributed by atoms with Crippen LogP contribution in [0.25, 0.3) is 10.2 Å². The van der Waals surface area contributed by atoms with Crippen molar-refractivity contribution >= 4 is 33.5 Å². The summed E-state index contributed by atoms with van der Waals surface area (Å²) in [6, 6.07) is 2.30. The maximum Gasteiger partial charge on any atom is 0.407 e. The third-order valence-corrected chi connectivity index (χ3v) is 5.63. The number of hydrogen-bond donors (Lipinski definition) is 1. The first kappa shape index (κ1) is 16.0. The van der Waals surface area contributed by atoms with Gasteiger partial charge < -0.3 is 14.9 Å². The number of aromatic nitrogens is 2. The average molecular weight is 334 g/mol. The van der Waals surface area contributed by atoms with Gasteiger partial charge in [-0.05, 0) is 18.4 Å². The van der Waals surface area contributed by atoms with E-state index in [9.17, 15) is 9.90 Å². The van der Waals surface area contributed by atoms with Gasteiger partial charge in [-0.1, -0.05) is 20.8 Å². The molecule has 2 aromatic heterocycles. The molecule has 7 heteroatoms. The molecule has 3 heterocycles. The summed E-state index contributed by atoms with van der Waals surface area (Å²) in [6.07, 6.45) is 1.77. The lowest BCUT2D eigenvalue weighted by molar-refractivity contribution is 0.129. The van der Waals surface area contributed by atoms with E-state index in [2.05, 4.69) is 41.7 Å². The first-order valence-electron chi connectivity index (χ1n) is 7.99. The Labute approximate surface area is 139 Å². The van der Waals surface area contributed by atoms with Gasteiger partial charge in [-0.2, -0.15) is 0 Å². The van der Waals surface area contributed by atoms with Crippen molar-refractivity contribution in [2.24, 2.45) is 5.92 Å². The second-order valence-electron chi connectivity index (χ2n) is 6.22. The van der Waals surface area contributed by atoms with Crippen LogP contribution in [0.5, 0.6) is 0 Å². The first-order valence-corrected chi connectivity index (χ1v) is 8.80. The van der Waals surface area contributed by atoms with Gasteiger partial charge in [0.25, 0.3) is 0 Å². The summed E-state index contributed by atoms with van der Waals surface area (Å²) in [5.74, 6) is 1.28. The molecule has 1 saturated heterocycles. The summed E-state index contributed by atoms with van der Waals surface area (Å²) in [7, 11) is 0. The Morgan fingerprint density at radius 3 is 2.87 bits per heavy atom. The predicted molar refractivity (Wildman–Crippen MR) is 92.4 cm³/mol. The third-order valence-electron chi connectivity index (χ3n) is 4.44. The van der Waals surface area contributed by atoms with Crippen LogP contribution in [0, 0.1) is 5.92 Å². The lowest BCUT2D eigenvalue weighted by Gasteiger charge is -2.43. The third kappa shape index (κ3) is 2.97. The van der Waals surface area contributed by atoms with E-state index in [1.807, 2.05) is 0 Å². The normalized spacial score (nSPS) is 18.9. The SMILES string of the molecule is CCc1cc2c(N3CCN(C(=O)O)CC3C(C)C)ncnc2s1. The van der Waals surface area contributed by atoms with Crippen molar-refractivity contribution < 1.29 is 9.90 Å². The van der Waals surface area contributed by atoms with Crippen molar-refractivity contribution in [3.05, 3.63) is 17.3 Å². The number of carbonyl (C=O) groups is 1. The highest BCUT2D eigenvalue weighted by atomic mass is 32.1. The lowest BCUT2D eigenvalue weighted by atomic mass is 9.99. The molecule has 1 amide bonds. The van der Waals surface area contributed by atoms with E-state index < -0.39 is 6.09 Å². The maximum absolute atomic E-state index is 11.3. The van der Waals surface area contributed by atoms with Crippen molar-refractivity contribution in [3.8, 4) is 0 Å². The van der Waals surface area contributed by atoms with Gasteiger partial charge in [0.1, 0.15) is 17.0 Å². The van der Waals surface area contributed by atoms with Crippen molar-refractivity contribution in [1.29, 1.82) is 0 Å². The van der Waals surface area contributed by atoms with Crippen LogP contribution in [-0.4, -0.2) is 51.7 Å². The fourth-order valence-electron chi connectivity index (χ4n) is 3.11. The van der Waals surface area contributed by atoms with Gasteiger partial charge in [-0.25, -0.2) is 14.8 Å². The van der Waals surface area contributed by atoms with E-state index in [1.54, 1.807) is 17.7 Å². The van der Waals surface area contributed by atoms with E-state index >= 15 is 0 Å². The minimum atomic E-state index is -0.841. The smallest absolute Gasteiger partial charge is 0.407 e. The highest BCUT2D eigenvalue weighted by Gasteiger charge is 2.33. The molecule has 6 nitrogen and oxygen atoms in total. The van der Waals surface area contributed by atoms with Crippen molar-refractivity contribution in [2.45, 2.75) is 33.2 Å². The number of hydrogen-bond acceptors (Lipinski definition) is 5. The number of nitrogens with zero attached hydrogens (tertiary/aromatic N) is 4. The molecule has 1 N–H and O–H groups in total. The van der Waals surface area contributed by atoms with Gasteiger partial charge in [-0.3, -0.25) is 0 Å². The van der Waals surface area contributed by atoms with E-state index in [-0.39, 0.29) is 6.04 Å². The number of rotatable bonds is 3. The van der Waals surface area contributed by atoms with Crippen LogP contribution in [0.1, 0.15) is 25.6 Å². The van der Waals surface area contributed by atoms with Gasteiger partial charge in [0, 0.05) is 24.5 Å². The molecule has 1 aliphatic rings. The summed E-state index contributed by atoms with van der Waals surface area (Å²) < 4.78 is 0. The summed E-state index contributed by atoms with van der Waals surface area (Å²) in [6.45, 7) is 8.09. The van der Waals surface area contributed by atoms with Crippen molar-refractivity contribution in [1.82, 2.24) is 14.9 Å².